The summed E-state index contributed by atoms with van der Waals surface area (Å²) >= 11 is 0. The predicted molar refractivity (Wildman–Crippen MR) is 136 cm³/mol. The molecule has 0 heterocycles. The van der Waals surface area contributed by atoms with E-state index in [4.69, 9.17) is 21.5 Å². The standard InChI is InChI=1S/C27H29N5O4/c28-16-19-9-7-18(8-10-19)13-23(29)27(35)31-11-3-4-12-36-24-15-21-6-2-1-5-20(21)14-22(24)26(34)32-17-25(30)33/h1-2,5-10,14-15,23H,3-4,11-13,17,29H2,(H2,30,33)(H,31,35)(H,32,34)/t23-/m0/s1. The van der Waals surface area contributed by atoms with Gasteiger partial charge >= 0.3 is 0 Å². The molecule has 0 aromatic heterocycles. The molecular formula is C27H29N5O4. The predicted octanol–water partition coefficient (Wildman–Crippen LogP) is 1.77. The van der Waals surface area contributed by atoms with E-state index >= 15 is 0 Å². The van der Waals surface area contributed by atoms with Gasteiger partial charge in [-0.1, -0.05) is 36.4 Å². The fraction of sp³-hybridized carbons (Fsp3) is 0.259. The van der Waals surface area contributed by atoms with E-state index < -0.39 is 17.9 Å². The highest BCUT2D eigenvalue weighted by molar-refractivity contribution is 6.02. The van der Waals surface area contributed by atoms with Crippen LogP contribution < -0.4 is 26.8 Å². The van der Waals surface area contributed by atoms with Crippen LogP contribution in [0.3, 0.4) is 0 Å². The highest BCUT2D eigenvalue weighted by atomic mass is 16.5. The Hall–Kier alpha value is -4.42. The molecule has 3 rings (SSSR count). The number of nitrogens with one attached hydrogen (secondary N) is 2. The third-order valence-electron chi connectivity index (χ3n) is 5.52. The number of benzene rings is 3. The average molecular weight is 488 g/mol. The van der Waals surface area contributed by atoms with Crippen molar-refractivity contribution in [1.29, 1.82) is 5.26 Å². The van der Waals surface area contributed by atoms with Gasteiger partial charge in [-0.2, -0.15) is 5.26 Å². The lowest BCUT2D eigenvalue weighted by Gasteiger charge is -2.14. The lowest BCUT2D eigenvalue weighted by atomic mass is 10.0. The molecule has 0 unspecified atom stereocenters. The normalized spacial score (nSPS) is 11.3. The van der Waals surface area contributed by atoms with Gasteiger partial charge in [-0.15, -0.1) is 0 Å². The molecule has 0 spiro atoms. The summed E-state index contributed by atoms with van der Waals surface area (Å²) in [6, 6.07) is 19.4. The van der Waals surface area contributed by atoms with Crippen molar-refractivity contribution in [2.24, 2.45) is 11.5 Å². The Morgan fingerprint density at radius 1 is 0.972 bits per heavy atom. The van der Waals surface area contributed by atoms with Crippen LogP contribution in [-0.2, 0) is 16.0 Å². The molecule has 3 amide bonds. The molecule has 3 aromatic carbocycles. The van der Waals surface area contributed by atoms with Crippen molar-refractivity contribution in [3.05, 3.63) is 77.4 Å². The number of carbonyl (C=O) groups excluding carboxylic acids is 3. The maximum absolute atomic E-state index is 12.6. The van der Waals surface area contributed by atoms with Crippen molar-refractivity contribution in [2.45, 2.75) is 25.3 Å². The summed E-state index contributed by atoms with van der Waals surface area (Å²) in [4.78, 5) is 35.9. The summed E-state index contributed by atoms with van der Waals surface area (Å²) < 4.78 is 5.89. The van der Waals surface area contributed by atoms with Crippen LogP contribution in [0.5, 0.6) is 5.75 Å². The zero-order valence-corrected chi connectivity index (χ0v) is 19.8. The van der Waals surface area contributed by atoms with Crippen molar-refractivity contribution in [3.63, 3.8) is 0 Å². The van der Waals surface area contributed by atoms with E-state index in [2.05, 4.69) is 16.7 Å². The Bertz CT molecular complexity index is 1270. The van der Waals surface area contributed by atoms with Crippen molar-refractivity contribution in [1.82, 2.24) is 10.6 Å². The number of nitriles is 1. The smallest absolute Gasteiger partial charge is 0.255 e. The van der Waals surface area contributed by atoms with Crippen LogP contribution >= 0.6 is 0 Å². The lowest BCUT2D eigenvalue weighted by Crippen LogP contribution is -2.42. The van der Waals surface area contributed by atoms with Gasteiger partial charge < -0.3 is 26.8 Å². The second-order valence-electron chi connectivity index (χ2n) is 8.31. The van der Waals surface area contributed by atoms with Gasteiger partial charge in [0.05, 0.1) is 36.4 Å². The topological polar surface area (TPSA) is 160 Å². The molecule has 0 aliphatic carbocycles. The van der Waals surface area contributed by atoms with Crippen LogP contribution in [0.15, 0.2) is 60.7 Å². The zero-order valence-electron chi connectivity index (χ0n) is 19.8. The second kappa shape index (κ2) is 12.9. The first-order chi connectivity index (χ1) is 17.4. The SMILES string of the molecule is N#Cc1ccc(C[C@H](N)C(=O)NCCCCOc2cc3ccccc3cc2C(=O)NCC(N)=O)cc1. The Kier molecular flexibility index (Phi) is 9.37. The fourth-order valence-electron chi connectivity index (χ4n) is 3.59. The van der Waals surface area contributed by atoms with Crippen LogP contribution in [0.4, 0.5) is 0 Å². The molecule has 0 saturated carbocycles. The number of carbonyl (C=O) groups is 3. The van der Waals surface area contributed by atoms with Crippen LogP contribution in [0.25, 0.3) is 10.8 Å². The van der Waals surface area contributed by atoms with E-state index in [1.807, 2.05) is 24.3 Å². The molecule has 9 nitrogen and oxygen atoms in total. The Labute approximate surface area is 209 Å². The largest absolute Gasteiger partial charge is 0.493 e. The lowest BCUT2D eigenvalue weighted by molar-refractivity contribution is -0.122. The average Bonchev–Trinajstić information content (AvgIpc) is 2.88. The number of unbranched alkanes of at least 4 members (excludes halogenated alkanes) is 1. The highest BCUT2D eigenvalue weighted by Gasteiger charge is 2.16. The van der Waals surface area contributed by atoms with Gasteiger partial charge in [0.2, 0.25) is 11.8 Å². The molecule has 0 fully saturated rings. The summed E-state index contributed by atoms with van der Waals surface area (Å²) in [7, 11) is 0. The van der Waals surface area contributed by atoms with Crippen LogP contribution in [0.1, 0.15) is 34.3 Å². The van der Waals surface area contributed by atoms with Crippen molar-refractivity contribution in [2.75, 3.05) is 19.7 Å². The Morgan fingerprint density at radius 2 is 1.67 bits per heavy atom. The van der Waals surface area contributed by atoms with Crippen LogP contribution in [-0.4, -0.2) is 43.5 Å². The van der Waals surface area contributed by atoms with Gasteiger partial charge in [0.25, 0.3) is 5.91 Å². The van der Waals surface area contributed by atoms with E-state index in [1.54, 1.807) is 36.4 Å². The van der Waals surface area contributed by atoms with Gasteiger partial charge in [0.1, 0.15) is 5.75 Å². The van der Waals surface area contributed by atoms with Crippen molar-refractivity contribution >= 4 is 28.5 Å². The third kappa shape index (κ3) is 7.55. The van der Waals surface area contributed by atoms with Gasteiger partial charge in [0, 0.05) is 6.54 Å². The number of primary amides is 1. The first-order valence-electron chi connectivity index (χ1n) is 11.6. The number of rotatable bonds is 12. The maximum Gasteiger partial charge on any atom is 0.255 e. The van der Waals surface area contributed by atoms with Crippen molar-refractivity contribution in [3.8, 4) is 11.8 Å². The molecule has 1 atom stereocenters. The second-order valence-corrected chi connectivity index (χ2v) is 8.31. The number of hydrogen-bond acceptors (Lipinski definition) is 6. The monoisotopic (exact) mass is 487 g/mol. The maximum atomic E-state index is 12.6. The summed E-state index contributed by atoms with van der Waals surface area (Å²) in [6.07, 6.45) is 1.68. The number of nitrogens with two attached hydrogens (primary N) is 2. The quantitative estimate of drug-likeness (QED) is 0.285. The summed E-state index contributed by atoms with van der Waals surface area (Å²) in [6.45, 7) is 0.507. The van der Waals surface area contributed by atoms with E-state index in [-0.39, 0.29) is 12.5 Å². The van der Waals surface area contributed by atoms with Gasteiger partial charge in [-0.25, -0.2) is 0 Å². The number of hydrogen-bond donors (Lipinski definition) is 4. The van der Waals surface area contributed by atoms with E-state index in [0.29, 0.717) is 49.3 Å². The first kappa shape index (κ1) is 26.2. The minimum absolute atomic E-state index is 0.247. The summed E-state index contributed by atoms with van der Waals surface area (Å²) in [5.74, 6) is -0.921. The van der Waals surface area contributed by atoms with E-state index in [9.17, 15) is 14.4 Å². The van der Waals surface area contributed by atoms with Crippen LogP contribution in [0, 0.1) is 11.3 Å². The van der Waals surface area contributed by atoms with E-state index in [0.717, 1.165) is 16.3 Å². The Balaban J connectivity index is 1.47. The van der Waals surface area contributed by atoms with E-state index in [1.165, 1.54) is 0 Å². The zero-order chi connectivity index (χ0) is 25.9. The Morgan fingerprint density at radius 3 is 2.33 bits per heavy atom. The summed E-state index contributed by atoms with van der Waals surface area (Å²) in [5, 5.41) is 16.0. The molecule has 186 valence electrons. The molecule has 0 saturated heterocycles. The van der Waals surface area contributed by atoms with Crippen LogP contribution in [0.2, 0.25) is 0 Å². The molecule has 0 aliphatic rings. The molecule has 0 bridgehead atoms. The fourth-order valence-corrected chi connectivity index (χ4v) is 3.59. The first-order valence-corrected chi connectivity index (χ1v) is 11.6. The van der Waals surface area contributed by atoms with Gasteiger partial charge in [-0.05, 0) is 59.9 Å². The molecule has 36 heavy (non-hydrogen) atoms. The number of amides is 3. The van der Waals surface area contributed by atoms with Gasteiger partial charge in [0.15, 0.2) is 0 Å². The third-order valence-corrected chi connectivity index (χ3v) is 5.52. The van der Waals surface area contributed by atoms with Crippen molar-refractivity contribution < 1.29 is 19.1 Å². The number of fused-ring (bicyclic) bond motifs is 1. The minimum atomic E-state index is -0.687. The molecule has 6 N–H and O–H groups in total. The molecule has 3 aromatic rings. The highest BCUT2D eigenvalue weighted by Crippen LogP contribution is 2.26. The minimum Gasteiger partial charge on any atom is -0.493 e. The molecule has 0 radical (unpaired) electrons. The van der Waals surface area contributed by atoms with Gasteiger partial charge in [-0.3, -0.25) is 14.4 Å². The molecular weight excluding hydrogens is 458 g/mol. The summed E-state index contributed by atoms with van der Waals surface area (Å²) in [5.41, 5.74) is 12.9. The number of ether oxygens (including phenoxy) is 1. The molecule has 0 aliphatic heterocycles. The number of nitrogens with zero attached hydrogens (tertiary/aromatic N) is 1. The molecule has 9 heteroatoms.